The molecule has 96 valence electrons. The Morgan fingerprint density at radius 2 is 2.00 bits per heavy atom. The van der Waals surface area contributed by atoms with Gasteiger partial charge in [-0.05, 0) is 30.2 Å². The predicted octanol–water partition coefficient (Wildman–Crippen LogP) is 3.30. The van der Waals surface area contributed by atoms with Crippen LogP contribution in [0.5, 0.6) is 5.75 Å². The fourth-order valence-corrected chi connectivity index (χ4v) is 2.29. The number of hydrogen-bond acceptors (Lipinski definition) is 4. The summed E-state index contributed by atoms with van der Waals surface area (Å²) >= 11 is 1.63. The summed E-state index contributed by atoms with van der Waals surface area (Å²) in [6, 6.07) is 8.05. The van der Waals surface area contributed by atoms with E-state index in [0.717, 1.165) is 27.8 Å². The molecule has 3 nitrogen and oxygen atoms in total. The van der Waals surface area contributed by atoms with Gasteiger partial charge >= 0.3 is 0 Å². The molecule has 0 unspecified atom stereocenters. The third kappa shape index (κ3) is 3.31. The average Bonchev–Trinajstić information content (AvgIpc) is 2.85. The minimum atomic E-state index is 0.538. The number of hydrogen-bond donors (Lipinski definition) is 1. The summed E-state index contributed by atoms with van der Waals surface area (Å²) in [5, 5.41) is 1.01. The van der Waals surface area contributed by atoms with Crippen LogP contribution < -0.4 is 10.5 Å². The average molecular weight is 262 g/mol. The minimum Gasteiger partial charge on any atom is -0.493 e. The van der Waals surface area contributed by atoms with Crippen LogP contribution in [-0.2, 0) is 6.54 Å². The standard InChI is InChI=1S/C14H18N2OS/c1-10(2)9-17-12-5-3-11(4-6-12)14-16-8-13(7-15)18-14/h3-6,8,10H,7,9,15H2,1-2H3. The van der Waals surface area contributed by atoms with E-state index >= 15 is 0 Å². The summed E-state index contributed by atoms with van der Waals surface area (Å²) in [7, 11) is 0. The number of benzene rings is 1. The fraction of sp³-hybridized carbons (Fsp3) is 0.357. The predicted molar refractivity (Wildman–Crippen MR) is 75.8 cm³/mol. The lowest BCUT2D eigenvalue weighted by Gasteiger charge is -2.08. The summed E-state index contributed by atoms with van der Waals surface area (Å²) in [5.41, 5.74) is 6.69. The minimum absolute atomic E-state index is 0.538. The molecule has 0 aliphatic rings. The maximum absolute atomic E-state index is 5.65. The highest BCUT2D eigenvalue weighted by atomic mass is 32.1. The lowest BCUT2D eigenvalue weighted by Crippen LogP contribution is -2.04. The molecule has 0 bridgehead atoms. The van der Waals surface area contributed by atoms with Crippen LogP contribution in [0.1, 0.15) is 18.7 Å². The Morgan fingerprint density at radius 1 is 1.28 bits per heavy atom. The molecule has 0 saturated heterocycles. The molecule has 0 radical (unpaired) electrons. The third-order valence-electron chi connectivity index (χ3n) is 2.44. The number of nitrogens with zero attached hydrogens (tertiary/aromatic N) is 1. The van der Waals surface area contributed by atoms with Gasteiger partial charge in [-0.25, -0.2) is 4.98 Å². The number of thiazole rings is 1. The van der Waals surface area contributed by atoms with E-state index in [2.05, 4.69) is 18.8 Å². The summed E-state index contributed by atoms with van der Waals surface area (Å²) in [5.74, 6) is 1.44. The van der Waals surface area contributed by atoms with E-state index in [4.69, 9.17) is 10.5 Å². The van der Waals surface area contributed by atoms with Gasteiger partial charge in [0.2, 0.25) is 0 Å². The van der Waals surface area contributed by atoms with Gasteiger partial charge in [-0.15, -0.1) is 11.3 Å². The Labute approximate surface area is 112 Å². The van der Waals surface area contributed by atoms with Crippen LogP contribution in [0.3, 0.4) is 0 Å². The van der Waals surface area contributed by atoms with Crippen molar-refractivity contribution in [2.45, 2.75) is 20.4 Å². The van der Waals surface area contributed by atoms with E-state index in [9.17, 15) is 0 Å². The van der Waals surface area contributed by atoms with Crippen LogP contribution in [0, 0.1) is 5.92 Å². The Morgan fingerprint density at radius 3 is 2.56 bits per heavy atom. The number of rotatable bonds is 5. The Kier molecular flexibility index (Phi) is 4.33. The molecule has 1 heterocycles. The summed E-state index contributed by atoms with van der Waals surface area (Å²) in [6.45, 7) is 5.57. The van der Waals surface area contributed by atoms with Gasteiger partial charge in [0.15, 0.2) is 0 Å². The molecule has 0 aliphatic heterocycles. The molecule has 0 aliphatic carbocycles. The first-order valence-corrected chi connectivity index (χ1v) is 6.88. The van der Waals surface area contributed by atoms with Gasteiger partial charge in [0.1, 0.15) is 10.8 Å². The number of aromatic nitrogens is 1. The maximum Gasteiger partial charge on any atom is 0.123 e. The van der Waals surface area contributed by atoms with Gasteiger partial charge in [0.05, 0.1) is 6.61 Å². The lowest BCUT2D eigenvalue weighted by atomic mass is 10.2. The van der Waals surface area contributed by atoms with Crippen LogP contribution >= 0.6 is 11.3 Å². The number of nitrogens with two attached hydrogens (primary N) is 1. The molecular weight excluding hydrogens is 244 g/mol. The topological polar surface area (TPSA) is 48.1 Å². The van der Waals surface area contributed by atoms with E-state index in [0.29, 0.717) is 12.5 Å². The normalized spacial score (nSPS) is 10.9. The molecule has 0 spiro atoms. The molecule has 4 heteroatoms. The van der Waals surface area contributed by atoms with Crippen LogP contribution in [0.25, 0.3) is 10.6 Å². The molecule has 0 saturated carbocycles. The van der Waals surface area contributed by atoms with Crippen molar-refractivity contribution in [3.63, 3.8) is 0 Å². The van der Waals surface area contributed by atoms with Crippen molar-refractivity contribution in [1.82, 2.24) is 4.98 Å². The Hall–Kier alpha value is -1.39. The molecule has 0 atom stereocenters. The highest BCUT2D eigenvalue weighted by molar-refractivity contribution is 7.15. The lowest BCUT2D eigenvalue weighted by molar-refractivity contribution is 0.271. The molecule has 2 rings (SSSR count). The molecule has 18 heavy (non-hydrogen) atoms. The highest BCUT2D eigenvalue weighted by Crippen LogP contribution is 2.26. The monoisotopic (exact) mass is 262 g/mol. The zero-order valence-corrected chi connectivity index (χ0v) is 11.5. The van der Waals surface area contributed by atoms with Crippen molar-refractivity contribution < 1.29 is 4.74 Å². The van der Waals surface area contributed by atoms with Crippen LogP contribution in [0.2, 0.25) is 0 Å². The molecule has 0 amide bonds. The SMILES string of the molecule is CC(C)COc1ccc(-c2ncc(CN)s2)cc1. The molecule has 2 aromatic rings. The quantitative estimate of drug-likeness (QED) is 0.899. The van der Waals surface area contributed by atoms with E-state index in [1.807, 2.05) is 30.5 Å². The smallest absolute Gasteiger partial charge is 0.123 e. The Balaban J connectivity index is 2.07. The maximum atomic E-state index is 5.65. The second-order valence-electron chi connectivity index (χ2n) is 4.57. The van der Waals surface area contributed by atoms with Crippen LogP contribution in [0.4, 0.5) is 0 Å². The van der Waals surface area contributed by atoms with Crippen molar-refractivity contribution in [2.24, 2.45) is 11.7 Å². The van der Waals surface area contributed by atoms with Gasteiger partial charge in [0, 0.05) is 23.2 Å². The Bertz CT molecular complexity index is 491. The van der Waals surface area contributed by atoms with Gasteiger partial charge in [-0.2, -0.15) is 0 Å². The molecule has 1 aromatic carbocycles. The van der Waals surface area contributed by atoms with Crippen molar-refractivity contribution in [2.75, 3.05) is 6.61 Å². The van der Waals surface area contributed by atoms with E-state index in [1.54, 1.807) is 11.3 Å². The largest absolute Gasteiger partial charge is 0.493 e. The van der Waals surface area contributed by atoms with E-state index in [1.165, 1.54) is 0 Å². The van der Waals surface area contributed by atoms with Gasteiger partial charge in [-0.1, -0.05) is 13.8 Å². The van der Waals surface area contributed by atoms with Crippen molar-refractivity contribution in [3.05, 3.63) is 35.3 Å². The number of ether oxygens (including phenoxy) is 1. The molecular formula is C14H18N2OS. The third-order valence-corrected chi connectivity index (χ3v) is 3.51. The fourth-order valence-electron chi connectivity index (χ4n) is 1.49. The van der Waals surface area contributed by atoms with Gasteiger partial charge in [0.25, 0.3) is 0 Å². The first-order chi connectivity index (χ1) is 8.69. The van der Waals surface area contributed by atoms with Crippen molar-refractivity contribution in [3.8, 4) is 16.3 Å². The van der Waals surface area contributed by atoms with E-state index < -0.39 is 0 Å². The van der Waals surface area contributed by atoms with Gasteiger partial charge in [-0.3, -0.25) is 0 Å². The summed E-state index contributed by atoms with van der Waals surface area (Å²) in [4.78, 5) is 5.46. The highest BCUT2D eigenvalue weighted by Gasteiger charge is 2.04. The first-order valence-electron chi connectivity index (χ1n) is 6.07. The summed E-state index contributed by atoms with van der Waals surface area (Å²) in [6.07, 6.45) is 1.84. The molecule has 1 aromatic heterocycles. The molecule has 2 N–H and O–H groups in total. The van der Waals surface area contributed by atoms with E-state index in [-0.39, 0.29) is 0 Å². The summed E-state index contributed by atoms with van der Waals surface area (Å²) < 4.78 is 5.65. The van der Waals surface area contributed by atoms with Gasteiger partial charge < -0.3 is 10.5 Å². The van der Waals surface area contributed by atoms with Crippen LogP contribution in [-0.4, -0.2) is 11.6 Å². The van der Waals surface area contributed by atoms with Crippen molar-refractivity contribution in [1.29, 1.82) is 0 Å². The zero-order valence-electron chi connectivity index (χ0n) is 10.7. The van der Waals surface area contributed by atoms with Crippen molar-refractivity contribution >= 4 is 11.3 Å². The van der Waals surface area contributed by atoms with Crippen LogP contribution in [0.15, 0.2) is 30.5 Å². The second kappa shape index (κ2) is 5.98. The molecule has 0 fully saturated rings. The second-order valence-corrected chi connectivity index (χ2v) is 5.68. The zero-order chi connectivity index (χ0) is 13.0. The first kappa shape index (κ1) is 13.1.